The molecule has 2 atom stereocenters. The van der Waals surface area contributed by atoms with Crippen LogP contribution >= 0.6 is 0 Å². The van der Waals surface area contributed by atoms with Crippen LogP contribution in [-0.4, -0.2) is 12.0 Å². The summed E-state index contributed by atoms with van der Waals surface area (Å²) in [6.07, 6.45) is 3.02. The van der Waals surface area contributed by atoms with Gasteiger partial charge in [0.2, 0.25) is 0 Å². The second kappa shape index (κ2) is 5.28. The third-order valence-electron chi connectivity index (χ3n) is 3.54. The Hall–Kier alpha value is -1.41. The Kier molecular flexibility index (Phi) is 3.75. The molecule has 0 aliphatic heterocycles. The van der Waals surface area contributed by atoms with Crippen LogP contribution in [0.15, 0.2) is 36.5 Å². The van der Waals surface area contributed by atoms with E-state index in [0.29, 0.717) is 12.0 Å². The summed E-state index contributed by atoms with van der Waals surface area (Å²) in [4.78, 5) is 4.42. The van der Waals surface area contributed by atoms with E-state index in [0.717, 1.165) is 5.52 Å². The molecule has 0 fully saturated rings. The number of aromatic nitrogens is 1. The molecule has 0 saturated carbocycles. The first-order valence-corrected chi connectivity index (χ1v) is 6.28. The third-order valence-corrected chi connectivity index (χ3v) is 3.54. The lowest BCUT2D eigenvalue weighted by molar-refractivity contribution is 0.402. The van der Waals surface area contributed by atoms with Crippen molar-refractivity contribution in [3.63, 3.8) is 0 Å². The average Bonchev–Trinajstić information content (AvgIpc) is 2.39. The van der Waals surface area contributed by atoms with Crippen LogP contribution < -0.4 is 5.32 Å². The minimum atomic E-state index is 0.396. The predicted octanol–water partition coefficient (Wildman–Crippen LogP) is 3.54. The molecule has 0 aliphatic rings. The average molecular weight is 228 g/mol. The van der Waals surface area contributed by atoms with Crippen LogP contribution in [0.25, 0.3) is 10.9 Å². The fourth-order valence-corrected chi connectivity index (χ4v) is 2.38. The number of nitrogens with one attached hydrogen (secondary N) is 1. The normalized spacial score (nSPS) is 14.8. The van der Waals surface area contributed by atoms with Gasteiger partial charge in [-0.25, -0.2) is 0 Å². The monoisotopic (exact) mass is 228 g/mol. The van der Waals surface area contributed by atoms with Gasteiger partial charge in [0.15, 0.2) is 0 Å². The summed E-state index contributed by atoms with van der Waals surface area (Å²) in [7, 11) is 2.03. The molecule has 1 heterocycles. The number of hydrogen-bond donors (Lipinski definition) is 1. The minimum Gasteiger partial charge on any atom is -0.313 e. The summed E-state index contributed by atoms with van der Waals surface area (Å²) in [5.74, 6) is 0.616. The second-order valence-corrected chi connectivity index (χ2v) is 4.57. The molecular weight excluding hydrogens is 208 g/mol. The summed E-state index contributed by atoms with van der Waals surface area (Å²) < 4.78 is 0. The van der Waals surface area contributed by atoms with Gasteiger partial charge in [-0.3, -0.25) is 4.98 Å². The van der Waals surface area contributed by atoms with Crippen LogP contribution in [0.4, 0.5) is 0 Å². The maximum atomic E-state index is 4.42. The zero-order valence-corrected chi connectivity index (χ0v) is 10.8. The van der Waals surface area contributed by atoms with Crippen molar-refractivity contribution in [3.05, 3.63) is 42.1 Å². The van der Waals surface area contributed by atoms with Gasteiger partial charge in [0.05, 0.1) is 5.52 Å². The van der Waals surface area contributed by atoms with Crippen LogP contribution in [0.1, 0.15) is 31.9 Å². The van der Waals surface area contributed by atoms with Gasteiger partial charge >= 0.3 is 0 Å². The number of rotatable bonds is 4. The molecule has 0 aliphatic carbocycles. The molecule has 90 valence electrons. The topological polar surface area (TPSA) is 24.9 Å². The van der Waals surface area contributed by atoms with Gasteiger partial charge in [0.1, 0.15) is 0 Å². The van der Waals surface area contributed by atoms with Crippen molar-refractivity contribution < 1.29 is 0 Å². The highest BCUT2D eigenvalue weighted by atomic mass is 14.9. The molecule has 2 heteroatoms. The van der Waals surface area contributed by atoms with Crippen LogP contribution in [0.3, 0.4) is 0 Å². The molecule has 0 bridgehead atoms. The second-order valence-electron chi connectivity index (χ2n) is 4.57. The van der Waals surface area contributed by atoms with Crippen molar-refractivity contribution >= 4 is 10.9 Å². The lowest BCUT2D eigenvalue weighted by atomic mass is 9.90. The quantitative estimate of drug-likeness (QED) is 0.865. The van der Waals surface area contributed by atoms with E-state index in [2.05, 4.69) is 48.4 Å². The summed E-state index contributed by atoms with van der Waals surface area (Å²) in [6.45, 7) is 4.52. The molecule has 0 amide bonds. The maximum absolute atomic E-state index is 4.42. The first kappa shape index (κ1) is 12.1. The Morgan fingerprint density at radius 2 is 2.06 bits per heavy atom. The van der Waals surface area contributed by atoms with Crippen LogP contribution in [-0.2, 0) is 0 Å². The third kappa shape index (κ3) is 2.32. The molecule has 2 unspecified atom stereocenters. The van der Waals surface area contributed by atoms with Crippen molar-refractivity contribution in [3.8, 4) is 0 Å². The van der Waals surface area contributed by atoms with Crippen LogP contribution in [0.5, 0.6) is 0 Å². The smallest absolute Gasteiger partial charge is 0.0705 e. The van der Waals surface area contributed by atoms with Gasteiger partial charge in [-0.1, -0.05) is 38.5 Å². The highest BCUT2D eigenvalue weighted by Gasteiger charge is 2.17. The number of hydrogen-bond acceptors (Lipinski definition) is 2. The van der Waals surface area contributed by atoms with E-state index >= 15 is 0 Å². The summed E-state index contributed by atoms with van der Waals surface area (Å²) in [5, 5.41) is 4.69. The van der Waals surface area contributed by atoms with E-state index in [1.54, 1.807) is 0 Å². The van der Waals surface area contributed by atoms with E-state index in [1.165, 1.54) is 17.4 Å². The fraction of sp³-hybridized carbons (Fsp3) is 0.400. The van der Waals surface area contributed by atoms with Crippen molar-refractivity contribution in [1.82, 2.24) is 10.3 Å². The number of pyridine rings is 1. The molecular formula is C15H20N2. The number of benzene rings is 1. The molecule has 0 saturated heterocycles. The van der Waals surface area contributed by atoms with E-state index in [1.807, 2.05) is 19.3 Å². The lowest BCUT2D eigenvalue weighted by Crippen LogP contribution is -2.23. The summed E-state index contributed by atoms with van der Waals surface area (Å²) in [5.41, 5.74) is 2.43. The zero-order valence-electron chi connectivity index (χ0n) is 10.8. The lowest BCUT2D eigenvalue weighted by Gasteiger charge is -2.24. The standard InChI is InChI=1S/C15H20N2/c1-4-11(2)15(16-3)13-7-5-9-14-12(13)8-6-10-17-14/h5-11,15-16H,4H2,1-3H3. The molecule has 0 radical (unpaired) electrons. The SMILES string of the molecule is CCC(C)C(NC)c1cccc2ncccc12. The summed E-state index contributed by atoms with van der Waals surface area (Å²) >= 11 is 0. The largest absolute Gasteiger partial charge is 0.313 e. The highest BCUT2D eigenvalue weighted by molar-refractivity contribution is 5.82. The highest BCUT2D eigenvalue weighted by Crippen LogP contribution is 2.29. The predicted molar refractivity (Wildman–Crippen MR) is 73.0 cm³/mol. The Morgan fingerprint density at radius 3 is 2.76 bits per heavy atom. The zero-order chi connectivity index (χ0) is 12.3. The van der Waals surface area contributed by atoms with Gasteiger partial charge in [0, 0.05) is 17.6 Å². The van der Waals surface area contributed by atoms with Crippen molar-refractivity contribution in [2.75, 3.05) is 7.05 Å². The molecule has 1 aromatic carbocycles. The van der Waals surface area contributed by atoms with Crippen molar-refractivity contribution in [1.29, 1.82) is 0 Å². The van der Waals surface area contributed by atoms with E-state index in [4.69, 9.17) is 0 Å². The summed E-state index contributed by atoms with van der Waals surface area (Å²) in [6, 6.07) is 10.9. The van der Waals surface area contributed by atoms with E-state index in [-0.39, 0.29) is 0 Å². The van der Waals surface area contributed by atoms with Gasteiger partial charge in [-0.2, -0.15) is 0 Å². The van der Waals surface area contributed by atoms with Crippen molar-refractivity contribution in [2.45, 2.75) is 26.3 Å². The first-order valence-electron chi connectivity index (χ1n) is 6.28. The minimum absolute atomic E-state index is 0.396. The number of fused-ring (bicyclic) bond motifs is 1. The van der Waals surface area contributed by atoms with Gasteiger partial charge in [-0.05, 0) is 30.7 Å². The Labute approximate surface area is 103 Å². The van der Waals surface area contributed by atoms with Gasteiger partial charge in [0.25, 0.3) is 0 Å². The molecule has 1 aromatic heterocycles. The van der Waals surface area contributed by atoms with Crippen LogP contribution in [0.2, 0.25) is 0 Å². The van der Waals surface area contributed by atoms with Crippen molar-refractivity contribution in [2.24, 2.45) is 5.92 Å². The molecule has 2 rings (SSSR count). The molecule has 2 aromatic rings. The molecule has 2 nitrogen and oxygen atoms in total. The van der Waals surface area contributed by atoms with Gasteiger partial charge in [-0.15, -0.1) is 0 Å². The molecule has 17 heavy (non-hydrogen) atoms. The van der Waals surface area contributed by atoms with Gasteiger partial charge < -0.3 is 5.32 Å². The molecule has 1 N–H and O–H groups in total. The fourth-order valence-electron chi connectivity index (χ4n) is 2.38. The van der Waals surface area contributed by atoms with Crippen LogP contribution in [0, 0.1) is 5.92 Å². The first-order chi connectivity index (χ1) is 8.27. The van der Waals surface area contributed by atoms with E-state index in [9.17, 15) is 0 Å². The number of nitrogens with zero attached hydrogens (tertiary/aromatic N) is 1. The maximum Gasteiger partial charge on any atom is 0.0705 e. The van der Waals surface area contributed by atoms with E-state index < -0.39 is 0 Å². The molecule has 0 spiro atoms. The Balaban J connectivity index is 2.53. The Bertz CT molecular complexity index is 488. The Morgan fingerprint density at radius 1 is 1.24 bits per heavy atom.